The van der Waals surface area contributed by atoms with Crippen molar-refractivity contribution in [3.8, 4) is 0 Å². The van der Waals surface area contributed by atoms with E-state index in [4.69, 9.17) is 20.9 Å². The molecule has 0 spiro atoms. The zero-order valence-corrected chi connectivity index (χ0v) is 13.2. The summed E-state index contributed by atoms with van der Waals surface area (Å²) < 4.78 is 9.85. The number of carbonyl (C=O) groups excluding carboxylic acids is 2. The van der Waals surface area contributed by atoms with Gasteiger partial charge < -0.3 is 20.9 Å². The van der Waals surface area contributed by atoms with E-state index in [0.29, 0.717) is 13.1 Å². The number of esters is 2. The van der Waals surface area contributed by atoms with E-state index >= 15 is 0 Å². The highest BCUT2D eigenvalue weighted by Crippen LogP contribution is 1.89. The van der Waals surface area contributed by atoms with Gasteiger partial charge in [-0.1, -0.05) is 12.2 Å². The Kier molecular flexibility index (Phi) is 13.1. The molecule has 0 aromatic rings. The van der Waals surface area contributed by atoms with Crippen molar-refractivity contribution < 1.29 is 19.1 Å². The summed E-state index contributed by atoms with van der Waals surface area (Å²) >= 11 is 0. The Morgan fingerprint density at radius 2 is 1.27 bits per heavy atom. The van der Waals surface area contributed by atoms with E-state index in [1.165, 1.54) is 0 Å². The molecule has 126 valence electrons. The van der Waals surface area contributed by atoms with Crippen LogP contribution in [0.2, 0.25) is 0 Å². The lowest BCUT2D eigenvalue weighted by molar-refractivity contribution is -0.143. The van der Waals surface area contributed by atoms with Gasteiger partial charge in [-0.15, -0.1) is 0 Å². The van der Waals surface area contributed by atoms with E-state index in [9.17, 15) is 9.59 Å². The Balaban J connectivity index is 3.62. The van der Waals surface area contributed by atoms with Gasteiger partial charge in [0.2, 0.25) is 0 Å². The fourth-order valence-electron chi connectivity index (χ4n) is 1.38. The van der Waals surface area contributed by atoms with Gasteiger partial charge in [0.15, 0.2) is 0 Å². The van der Waals surface area contributed by atoms with Crippen LogP contribution in [0.1, 0.15) is 12.8 Å². The molecule has 0 rings (SSSR count). The van der Waals surface area contributed by atoms with Crippen LogP contribution in [0.4, 0.5) is 0 Å². The van der Waals surface area contributed by atoms with Crippen molar-refractivity contribution in [1.82, 2.24) is 4.90 Å². The summed E-state index contributed by atoms with van der Waals surface area (Å²) in [5.41, 5.74) is 10.5. The minimum Gasteiger partial charge on any atom is -0.461 e. The van der Waals surface area contributed by atoms with E-state index in [-0.39, 0.29) is 38.0 Å². The summed E-state index contributed by atoms with van der Waals surface area (Å²) in [6.07, 6.45) is 7.92. The molecule has 0 aliphatic rings. The number of likely N-dealkylation sites (N-methyl/N-ethyl adjacent to an activating group) is 1. The molecule has 0 heterocycles. The first-order valence-electron chi connectivity index (χ1n) is 7.30. The lowest BCUT2D eigenvalue weighted by Crippen LogP contribution is -2.18. The number of nitrogens with two attached hydrogens (primary N) is 2. The van der Waals surface area contributed by atoms with Crippen molar-refractivity contribution in [2.24, 2.45) is 11.5 Å². The first-order valence-corrected chi connectivity index (χ1v) is 7.30. The number of hydrogen-bond donors (Lipinski definition) is 2. The van der Waals surface area contributed by atoms with E-state index in [2.05, 4.69) is 4.90 Å². The second-order valence-electron chi connectivity index (χ2n) is 4.61. The summed E-state index contributed by atoms with van der Waals surface area (Å²) in [5.74, 6) is -0.569. The average molecular weight is 313 g/mol. The fraction of sp³-hybridized carbons (Fsp3) is 0.600. The lowest BCUT2D eigenvalue weighted by atomic mass is 10.4. The van der Waals surface area contributed by atoms with E-state index in [1.54, 1.807) is 12.2 Å². The Morgan fingerprint density at radius 1 is 0.864 bits per heavy atom. The monoisotopic (exact) mass is 313 g/mol. The van der Waals surface area contributed by atoms with Gasteiger partial charge >= 0.3 is 11.9 Å². The van der Waals surface area contributed by atoms with Crippen molar-refractivity contribution in [2.75, 3.05) is 46.4 Å². The molecule has 0 aliphatic heterocycles. The molecule has 0 aromatic heterocycles. The molecule has 0 amide bonds. The molecule has 4 N–H and O–H groups in total. The molecule has 0 unspecified atom stereocenters. The normalized spacial score (nSPS) is 11.5. The summed E-state index contributed by atoms with van der Waals surface area (Å²) in [7, 11) is 1.95. The lowest BCUT2D eigenvalue weighted by Gasteiger charge is -2.10. The van der Waals surface area contributed by atoms with Crippen LogP contribution in [0.25, 0.3) is 0 Å². The summed E-state index contributed by atoms with van der Waals surface area (Å²) in [5, 5.41) is 0. The maximum absolute atomic E-state index is 11.0. The Bertz CT molecular complexity index is 336. The van der Waals surface area contributed by atoms with Crippen LogP contribution in [0.3, 0.4) is 0 Å². The molecular weight excluding hydrogens is 286 g/mol. The Morgan fingerprint density at radius 3 is 1.64 bits per heavy atom. The molecule has 0 saturated carbocycles. The minimum absolute atomic E-state index is 0.244. The van der Waals surface area contributed by atoms with Crippen LogP contribution >= 0.6 is 0 Å². The average Bonchev–Trinajstić information content (AvgIpc) is 2.47. The SMILES string of the molecule is CN(C/C=C/COC(=O)CCN)C/C=C/COC(=O)CCN. The molecule has 7 heteroatoms. The third-order valence-electron chi connectivity index (χ3n) is 2.55. The minimum atomic E-state index is -0.285. The summed E-state index contributed by atoms with van der Waals surface area (Å²) in [6, 6.07) is 0. The van der Waals surface area contributed by atoms with Gasteiger partial charge in [-0.25, -0.2) is 0 Å². The molecule has 22 heavy (non-hydrogen) atoms. The molecule has 0 aliphatic carbocycles. The predicted octanol–water partition coefficient (Wildman–Crippen LogP) is -0.185. The number of rotatable bonds is 12. The third kappa shape index (κ3) is 13.3. The second-order valence-corrected chi connectivity index (χ2v) is 4.61. The predicted molar refractivity (Wildman–Crippen MR) is 85.0 cm³/mol. The van der Waals surface area contributed by atoms with Crippen LogP contribution < -0.4 is 11.5 Å². The Labute approximate surface area is 131 Å². The van der Waals surface area contributed by atoms with Crippen LogP contribution in [-0.4, -0.2) is 63.3 Å². The molecule has 0 bridgehead atoms. The van der Waals surface area contributed by atoms with Crippen molar-refractivity contribution in [1.29, 1.82) is 0 Å². The topological polar surface area (TPSA) is 108 Å². The van der Waals surface area contributed by atoms with Gasteiger partial charge in [0, 0.05) is 26.2 Å². The van der Waals surface area contributed by atoms with Gasteiger partial charge in [-0.3, -0.25) is 14.5 Å². The first kappa shape index (κ1) is 20.3. The molecule has 0 aromatic carbocycles. The van der Waals surface area contributed by atoms with Gasteiger partial charge in [0.05, 0.1) is 12.8 Å². The number of carbonyl (C=O) groups is 2. The van der Waals surface area contributed by atoms with Crippen molar-refractivity contribution in [2.45, 2.75) is 12.8 Å². The second kappa shape index (κ2) is 14.2. The Hall–Kier alpha value is -1.70. The zero-order valence-electron chi connectivity index (χ0n) is 13.2. The van der Waals surface area contributed by atoms with E-state index in [1.807, 2.05) is 19.2 Å². The third-order valence-corrected chi connectivity index (χ3v) is 2.55. The van der Waals surface area contributed by atoms with Crippen molar-refractivity contribution >= 4 is 11.9 Å². The largest absolute Gasteiger partial charge is 0.461 e. The summed E-state index contributed by atoms with van der Waals surface area (Å²) in [4.78, 5) is 24.1. The van der Waals surface area contributed by atoms with Crippen molar-refractivity contribution in [3.05, 3.63) is 24.3 Å². The van der Waals surface area contributed by atoms with E-state index < -0.39 is 0 Å². The van der Waals surface area contributed by atoms with Crippen LogP contribution in [0.5, 0.6) is 0 Å². The fourth-order valence-corrected chi connectivity index (χ4v) is 1.38. The quantitative estimate of drug-likeness (QED) is 0.380. The first-order chi connectivity index (χ1) is 10.6. The molecular formula is C15H27N3O4. The van der Waals surface area contributed by atoms with Crippen LogP contribution in [0, 0.1) is 0 Å². The molecule has 7 nitrogen and oxygen atoms in total. The molecule has 0 atom stereocenters. The molecule has 0 saturated heterocycles. The van der Waals surface area contributed by atoms with Gasteiger partial charge in [-0.2, -0.15) is 0 Å². The molecule has 0 radical (unpaired) electrons. The van der Waals surface area contributed by atoms with Crippen molar-refractivity contribution in [3.63, 3.8) is 0 Å². The maximum Gasteiger partial charge on any atom is 0.307 e. The van der Waals surface area contributed by atoms with E-state index in [0.717, 1.165) is 13.1 Å². The zero-order chi connectivity index (χ0) is 16.6. The number of hydrogen-bond acceptors (Lipinski definition) is 7. The smallest absolute Gasteiger partial charge is 0.307 e. The number of nitrogens with zero attached hydrogens (tertiary/aromatic N) is 1. The van der Waals surface area contributed by atoms with Gasteiger partial charge in [0.25, 0.3) is 0 Å². The maximum atomic E-state index is 11.0. The van der Waals surface area contributed by atoms with Crippen LogP contribution in [-0.2, 0) is 19.1 Å². The summed E-state index contributed by atoms with van der Waals surface area (Å²) in [6.45, 7) is 2.59. The van der Waals surface area contributed by atoms with Gasteiger partial charge in [-0.05, 0) is 19.2 Å². The van der Waals surface area contributed by atoms with Crippen LogP contribution in [0.15, 0.2) is 24.3 Å². The highest BCUT2D eigenvalue weighted by atomic mass is 16.5. The van der Waals surface area contributed by atoms with Gasteiger partial charge in [0.1, 0.15) is 13.2 Å². The molecule has 0 fully saturated rings. The highest BCUT2D eigenvalue weighted by molar-refractivity contribution is 5.69. The number of ether oxygens (including phenoxy) is 2. The standard InChI is InChI=1S/C15H27N3O4/c1-18(10-2-4-12-21-14(19)6-8-16)11-3-5-13-22-15(20)7-9-17/h2-5H,6-13,16-17H2,1H3/b4-2+,5-3+. The highest BCUT2D eigenvalue weighted by Gasteiger charge is 1.98.